The van der Waals surface area contributed by atoms with Crippen LogP contribution in [0, 0.1) is 0 Å². The smallest absolute Gasteiger partial charge is 0.254 e. The van der Waals surface area contributed by atoms with Crippen LogP contribution in [-0.2, 0) is 11.2 Å². The predicted molar refractivity (Wildman–Crippen MR) is 153 cm³/mol. The summed E-state index contributed by atoms with van der Waals surface area (Å²) in [6.07, 6.45) is 4.90. The largest absolute Gasteiger partial charge is 0.324 e. The van der Waals surface area contributed by atoms with Crippen LogP contribution < -0.4 is 10.9 Å². The van der Waals surface area contributed by atoms with Gasteiger partial charge in [0.2, 0.25) is 5.91 Å². The van der Waals surface area contributed by atoms with E-state index < -0.39 is 11.6 Å². The minimum absolute atomic E-state index is 0.214. The summed E-state index contributed by atoms with van der Waals surface area (Å²) >= 11 is 12.2. The highest BCUT2D eigenvalue weighted by atomic mass is 35.5. The third kappa shape index (κ3) is 5.22. The fourth-order valence-corrected chi connectivity index (χ4v) is 4.76. The van der Waals surface area contributed by atoms with Crippen molar-refractivity contribution in [1.82, 2.24) is 34.7 Å². The van der Waals surface area contributed by atoms with E-state index in [1.165, 1.54) is 27.8 Å². The number of benzene rings is 3. The normalized spacial score (nSPS) is 11.9. The molecule has 12 heteroatoms. The molecule has 0 fully saturated rings. The van der Waals surface area contributed by atoms with Gasteiger partial charge >= 0.3 is 0 Å². The molecule has 0 saturated heterocycles. The first-order chi connectivity index (χ1) is 19.4. The Morgan fingerprint density at radius 3 is 2.65 bits per heavy atom. The van der Waals surface area contributed by atoms with Gasteiger partial charge in [0.1, 0.15) is 6.04 Å². The lowest BCUT2D eigenvalue weighted by atomic mass is 10.0. The maximum Gasteiger partial charge on any atom is 0.254 e. The molecule has 0 radical (unpaired) electrons. The average molecular weight is 571 g/mol. The van der Waals surface area contributed by atoms with E-state index >= 15 is 0 Å². The second kappa shape index (κ2) is 10.8. The molecular formula is C28H20Cl2N8O2. The zero-order valence-electron chi connectivity index (χ0n) is 20.7. The van der Waals surface area contributed by atoms with Gasteiger partial charge in [-0.1, -0.05) is 58.7 Å². The molecule has 0 aliphatic heterocycles. The van der Waals surface area contributed by atoms with E-state index in [0.29, 0.717) is 27.7 Å². The summed E-state index contributed by atoms with van der Waals surface area (Å²) in [5, 5.41) is 19.3. The first kappa shape index (κ1) is 25.5. The highest BCUT2D eigenvalue weighted by Gasteiger charge is 2.24. The Kier molecular flexibility index (Phi) is 6.85. The average Bonchev–Trinajstić information content (AvgIpc) is 3.61. The van der Waals surface area contributed by atoms with E-state index in [0.717, 1.165) is 16.5 Å². The van der Waals surface area contributed by atoms with E-state index in [9.17, 15) is 9.59 Å². The van der Waals surface area contributed by atoms with Gasteiger partial charge in [-0.2, -0.15) is 5.10 Å². The summed E-state index contributed by atoms with van der Waals surface area (Å²) in [7, 11) is 0. The third-order valence-corrected chi connectivity index (χ3v) is 6.81. The quantitative estimate of drug-likeness (QED) is 0.275. The number of hydrogen-bond donors (Lipinski definition) is 2. The Labute approximate surface area is 237 Å². The van der Waals surface area contributed by atoms with Gasteiger partial charge < -0.3 is 5.32 Å². The van der Waals surface area contributed by atoms with E-state index in [-0.39, 0.29) is 17.5 Å². The molecule has 10 nitrogen and oxygen atoms in total. The number of nitrogens with one attached hydrogen (secondary N) is 2. The molecule has 40 heavy (non-hydrogen) atoms. The minimum atomic E-state index is -0.873. The fourth-order valence-electron chi connectivity index (χ4n) is 4.46. The summed E-state index contributed by atoms with van der Waals surface area (Å²) in [4.78, 5) is 31.7. The molecule has 3 aromatic heterocycles. The molecule has 6 rings (SSSR count). The van der Waals surface area contributed by atoms with E-state index in [2.05, 4.69) is 30.8 Å². The zero-order valence-corrected chi connectivity index (χ0v) is 22.2. The van der Waals surface area contributed by atoms with Crippen molar-refractivity contribution >= 4 is 45.7 Å². The van der Waals surface area contributed by atoms with Gasteiger partial charge in [-0.3, -0.25) is 19.3 Å². The standard InChI is InChI=1S/C28H20Cl2N8O2/c29-19-7-9-24(38-15-26(30)35-36-38)21(11-19)23-13-27(39)37(16-31-23)25(10-17-4-2-1-3-5-17)28(40)33-20-8-6-18-14-32-34-22(18)12-20/h1-9,11-16,25H,10H2,(H,32,34)(H,33,40)/t25-/m0/s1. The molecule has 198 valence electrons. The monoisotopic (exact) mass is 570 g/mol. The lowest BCUT2D eigenvalue weighted by Crippen LogP contribution is -2.34. The van der Waals surface area contributed by atoms with Crippen molar-refractivity contribution in [3.05, 3.63) is 118 Å². The number of fused-ring (bicyclic) bond motifs is 1. The number of halogens is 2. The Morgan fingerprint density at radius 1 is 1.02 bits per heavy atom. The summed E-state index contributed by atoms with van der Waals surface area (Å²) in [5.41, 5.74) is 3.33. The van der Waals surface area contributed by atoms with Crippen LogP contribution in [0.5, 0.6) is 0 Å². The van der Waals surface area contributed by atoms with Crippen molar-refractivity contribution < 1.29 is 4.79 Å². The number of H-pyrrole nitrogens is 1. The second-order valence-corrected chi connectivity index (χ2v) is 9.86. The highest BCUT2D eigenvalue weighted by molar-refractivity contribution is 6.31. The maximum absolute atomic E-state index is 13.6. The van der Waals surface area contributed by atoms with Crippen LogP contribution in [0.4, 0.5) is 5.69 Å². The molecule has 1 atom stereocenters. The summed E-state index contributed by atoms with van der Waals surface area (Å²) in [6, 6.07) is 20.5. The number of rotatable bonds is 7. The van der Waals surface area contributed by atoms with Gasteiger partial charge in [-0.15, -0.1) is 5.10 Å². The molecule has 0 spiro atoms. The van der Waals surface area contributed by atoms with Crippen LogP contribution in [0.25, 0.3) is 27.8 Å². The highest BCUT2D eigenvalue weighted by Crippen LogP contribution is 2.28. The van der Waals surface area contributed by atoms with Crippen molar-refractivity contribution in [3.8, 4) is 16.9 Å². The minimum Gasteiger partial charge on any atom is -0.324 e. The van der Waals surface area contributed by atoms with Gasteiger partial charge in [0.15, 0.2) is 5.15 Å². The number of carbonyl (C=O) groups excluding carboxylic acids is 1. The van der Waals surface area contributed by atoms with Crippen molar-refractivity contribution in [2.45, 2.75) is 12.5 Å². The lowest BCUT2D eigenvalue weighted by molar-refractivity contribution is -0.119. The number of carbonyl (C=O) groups is 1. The second-order valence-electron chi connectivity index (χ2n) is 9.03. The van der Waals surface area contributed by atoms with Crippen molar-refractivity contribution in [1.29, 1.82) is 0 Å². The molecule has 0 unspecified atom stereocenters. The van der Waals surface area contributed by atoms with E-state index in [1.807, 2.05) is 36.4 Å². The molecule has 0 saturated carbocycles. The van der Waals surface area contributed by atoms with Crippen molar-refractivity contribution in [3.63, 3.8) is 0 Å². The van der Waals surface area contributed by atoms with Gasteiger partial charge in [-0.05, 0) is 42.0 Å². The number of amides is 1. The van der Waals surface area contributed by atoms with E-state index in [1.54, 1.807) is 36.5 Å². The first-order valence-corrected chi connectivity index (χ1v) is 12.9. The zero-order chi connectivity index (χ0) is 27.6. The Bertz CT molecular complexity index is 1900. The Balaban J connectivity index is 1.37. The molecular weight excluding hydrogens is 551 g/mol. The molecule has 0 bridgehead atoms. The number of nitrogens with zero attached hydrogens (tertiary/aromatic N) is 6. The van der Waals surface area contributed by atoms with Crippen LogP contribution in [0.1, 0.15) is 11.6 Å². The van der Waals surface area contributed by atoms with E-state index in [4.69, 9.17) is 23.2 Å². The maximum atomic E-state index is 13.6. The van der Waals surface area contributed by atoms with Gasteiger partial charge in [-0.25, -0.2) is 9.67 Å². The SMILES string of the molecule is O=C(Nc1ccc2cn[nH]c2c1)[C@H](Cc1ccccc1)n1cnc(-c2cc(Cl)ccc2-n2cc(Cl)nn2)cc1=O. The molecule has 0 aliphatic carbocycles. The van der Waals surface area contributed by atoms with Gasteiger partial charge in [0.25, 0.3) is 5.56 Å². The predicted octanol–water partition coefficient (Wildman–Crippen LogP) is 5.10. The number of aromatic nitrogens is 7. The van der Waals surface area contributed by atoms with Crippen LogP contribution in [-0.4, -0.2) is 40.6 Å². The topological polar surface area (TPSA) is 123 Å². The lowest BCUT2D eigenvalue weighted by Gasteiger charge is -2.20. The van der Waals surface area contributed by atoms with Crippen molar-refractivity contribution in [2.24, 2.45) is 0 Å². The Hall–Kier alpha value is -4.80. The van der Waals surface area contributed by atoms with Crippen LogP contribution >= 0.6 is 23.2 Å². The number of anilines is 1. The number of aromatic amines is 1. The molecule has 6 aromatic rings. The molecule has 1 amide bonds. The third-order valence-electron chi connectivity index (χ3n) is 6.40. The van der Waals surface area contributed by atoms with Gasteiger partial charge in [0, 0.05) is 34.1 Å². The Morgan fingerprint density at radius 2 is 1.88 bits per heavy atom. The van der Waals surface area contributed by atoms with Crippen LogP contribution in [0.2, 0.25) is 10.2 Å². The summed E-state index contributed by atoms with van der Waals surface area (Å²) in [5.74, 6) is -0.361. The van der Waals surface area contributed by atoms with Crippen LogP contribution in [0.3, 0.4) is 0 Å². The summed E-state index contributed by atoms with van der Waals surface area (Å²) < 4.78 is 2.81. The molecule has 2 N–H and O–H groups in total. The van der Waals surface area contributed by atoms with Crippen LogP contribution in [0.15, 0.2) is 96.3 Å². The number of hydrogen-bond acceptors (Lipinski definition) is 6. The fraction of sp³-hybridized carbons (Fsp3) is 0.0714. The van der Waals surface area contributed by atoms with Crippen molar-refractivity contribution in [2.75, 3.05) is 5.32 Å². The van der Waals surface area contributed by atoms with Gasteiger partial charge in [0.05, 0.1) is 35.6 Å². The molecule has 0 aliphatic rings. The molecule has 3 aromatic carbocycles. The summed E-state index contributed by atoms with van der Waals surface area (Å²) in [6.45, 7) is 0. The molecule has 3 heterocycles. The first-order valence-electron chi connectivity index (χ1n) is 12.2.